The number of nitrogens with two attached hydrogens (primary N) is 1. The van der Waals surface area contributed by atoms with E-state index >= 15 is 0 Å². The van der Waals surface area contributed by atoms with E-state index in [-0.39, 0.29) is 11.7 Å². The Bertz CT molecular complexity index is 648. The molecule has 0 aliphatic rings. The number of hydrogen-bond donors (Lipinski definition) is 1. The van der Waals surface area contributed by atoms with Crippen molar-refractivity contribution in [3.63, 3.8) is 0 Å². The number of anilines is 1. The monoisotopic (exact) mass is 294 g/mol. The molecule has 4 nitrogen and oxygen atoms in total. The molecule has 0 spiro atoms. The quantitative estimate of drug-likeness (QED) is 0.833. The van der Waals surface area contributed by atoms with Crippen LogP contribution in [0.2, 0.25) is 10.0 Å². The molecule has 6 heteroatoms. The van der Waals surface area contributed by atoms with Gasteiger partial charge in [-0.25, -0.2) is 9.53 Å². The predicted octanol–water partition coefficient (Wildman–Crippen LogP) is 4.44. The number of aromatic nitrogens is 2. The van der Waals surface area contributed by atoms with Crippen molar-refractivity contribution in [2.75, 3.05) is 5.73 Å². The van der Waals surface area contributed by atoms with Crippen LogP contribution in [0.3, 0.4) is 0 Å². The van der Waals surface area contributed by atoms with E-state index < -0.39 is 0 Å². The standard InChI is InChI=1S/C13H12Cl2N4/c1-7(2)10-11(17-3)13(16)19(18-10)12-8(14)5-4-6-9(12)15/h4-7H,16H2,1-2H3. The molecule has 0 bridgehead atoms. The maximum atomic E-state index is 7.23. The molecule has 0 saturated heterocycles. The van der Waals surface area contributed by atoms with E-state index in [1.165, 1.54) is 4.68 Å². The summed E-state index contributed by atoms with van der Waals surface area (Å²) in [4.78, 5) is 3.45. The van der Waals surface area contributed by atoms with Gasteiger partial charge in [0.2, 0.25) is 0 Å². The van der Waals surface area contributed by atoms with Gasteiger partial charge >= 0.3 is 0 Å². The molecule has 0 aliphatic heterocycles. The van der Waals surface area contributed by atoms with Gasteiger partial charge in [-0.15, -0.1) is 0 Å². The Kier molecular flexibility index (Phi) is 3.70. The highest BCUT2D eigenvalue weighted by Crippen LogP contribution is 2.37. The molecule has 0 amide bonds. The zero-order valence-electron chi connectivity index (χ0n) is 10.5. The first-order valence-corrected chi connectivity index (χ1v) is 6.43. The van der Waals surface area contributed by atoms with Crippen molar-refractivity contribution in [2.24, 2.45) is 0 Å². The van der Waals surface area contributed by atoms with Gasteiger partial charge in [0.1, 0.15) is 11.5 Å². The third-order valence-corrected chi connectivity index (χ3v) is 3.34. The molecule has 0 aliphatic carbocycles. The molecule has 98 valence electrons. The lowest BCUT2D eigenvalue weighted by Gasteiger charge is -2.08. The number of para-hydroxylation sites is 1. The summed E-state index contributed by atoms with van der Waals surface area (Å²) in [5.74, 6) is 0.350. The van der Waals surface area contributed by atoms with Crippen LogP contribution in [0.4, 0.5) is 11.5 Å². The van der Waals surface area contributed by atoms with Crippen molar-refractivity contribution in [1.82, 2.24) is 9.78 Å². The summed E-state index contributed by atoms with van der Waals surface area (Å²) in [5, 5.41) is 5.26. The molecule has 1 aromatic heterocycles. The number of benzene rings is 1. The fraction of sp³-hybridized carbons (Fsp3) is 0.231. The minimum atomic E-state index is 0.0916. The predicted molar refractivity (Wildman–Crippen MR) is 78.3 cm³/mol. The summed E-state index contributed by atoms with van der Waals surface area (Å²) in [6.07, 6.45) is 0. The van der Waals surface area contributed by atoms with Gasteiger partial charge in [0.15, 0.2) is 0 Å². The number of hydrogen-bond acceptors (Lipinski definition) is 2. The molecule has 0 saturated carbocycles. The molecule has 0 unspecified atom stereocenters. The van der Waals surface area contributed by atoms with E-state index in [2.05, 4.69) is 9.94 Å². The summed E-state index contributed by atoms with van der Waals surface area (Å²) in [6, 6.07) is 5.15. The number of halogens is 2. The van der Waals surface area contributed by atoms with Crippen LogP contribution in [-0.2, 0) is 0 Å². The van der Waals surface area contributed by atoms with Gasteiger partial charge in [-0.2, -0.15) is 5.10 Å². The fourth-order valence-electron chi connectivity index (χ4n) is 1.81. The molecule has 0 atom stereocenters. The van der Waals surface area contributed by atoms with Crippen LogP contribution >= 0.6 is 23.2 Å². The smallest absolute Gasteiger partial charge is 0.250 e. The van der Waals surface area contributed by atoms with E-state index in [1.54, 1.807) is 18.2 Å². The lowest BCUT2D eigenvalue weighted by atomic mass is 10.1. The Balaban J connectivity index is 2.75. The highest BCUT2D eigenvalue weighted by atomic mass is 35.5. The Morgan fingerprint density at radius 2 is 1.89 bits per heavy atom. The highest BCUT2D eigenvalue weighted by Gasteiger charge is 2.21. The number of rotatable bonds is 2. The summed E-state index contributed by atoms with van der Waals surface area (Å²) >= 11 is 12.3. The minimum absolute atomic E-state index is 0.0916. The molecule has 2 aromatic rings. The Morgan fingerprint density at radius 3 is 2.32 bits per heavy atom. The summed E-state index contributed by atoms with van der Waals surface area (Å²) < 4.78 is 1.44. The SMILES string of the molecule is [C-]#[N+]c1c(C(C)C)nn(-c2c(Cl)cccc2Cl)c1N. The van der Waals surface area contributed by atoms with Gasteiger partial charge < -0.3 is 5.73 Å². The number of nitrogen functional groups attached to an aromatic ring is 1. The zero-order valence-corrected chi connectivity index (χ0v) is 12.0. The van der Waals surface area contributed by atoms with Crippen LogP contribution in [0, 0.1) is 6.57 Å². The summed E-state index contributed by atoms with van der Waals surface area (Å²) in [7, 11) is 0. The summed E-state index contributed by atoms with van der Waals surface area (Å²) in [6.45, 7) is 11.1. The van der Waals surface area contributed by atoms with E-state index in [9.17, 15) is 0 Å². The van der Waals surface area contributed by atoms with Crippen molar-refractivity contribution in [3.8, 4) is 5.69 Å². The Morgan fingerprint density at radius 1 is 1.32 bits per heavy atom. The fourth-order valence-corrected chi connectivity index (χ4v) is 2.36. The van der Waals surface area contributed by atoms with Crippen molar-refractivity contribution < 1.29 is 0 Å². The van der Waals surface area contributed by atoms with Crippen LogP contribution in [0.25, 0.3) is 10.5 Å². The maximum Gasteiger partial charge on any atom is 0.250 e. The lowest BCUT2D eigenvalue weighted by Crippen LogP contribution is -2.03. The topological polar surface area (TPSA) is 48.2 Å². The molecule has 0 fully saturated rings. The molecular formula is C13H12Cl2N4. The van der Waals surface area contributed by atoms with Crippen molar-refractivity contribution in [2.45, 2.75) is 19.8 Å². The molecule has 0 radical (unpaired) electrons. The first kappa shape index (κ1) is 13.7. The first-order valence-electron chi connectivity index (χ1n) is 5.67. The average Bonchev–Trinajstić information content (AvgIpc) is 2.67. The second-order valence-electron chi connectivity index (χ2n) is 4.37. The lowest BCUT2D eigenvalue weighted by molar-refractivity contribution is 0.773. The first-order chi connectivity index (χ1) is 8.97. The van der Waals surface area contributed by atoms with Crippen LogP contribution in [0.5, 0.6) is 0 Å². The van der Waals surface area contributed by atoms with Crippen LogP contribution in [0.15, 0.2) is 18.2 Å². The maximum absolute atomic E-state index is 7.23. The van der Waals surface area contributed by atoms with Gasteiger partial charge in [-0.3, -0.25) is 0 Å². The van der Waals surface area contributed by atoms with Gasteiger partial charge in [-0.05, 0) is 18.1 Å². The van der Waals surface area contributed by atoms with Crippen LogP contribution < -0.4 is 5.73 Å². The molecule has 1 heterocycles. The molecule has 19 heavy (non-hydrogen) atoms. The third-order valence-electron chi connectivity index (χ3n) is 2.73. The van der Waals surface area contributed by atoms with Crippen LogP contribution in [-0.4, -0.2) is 9.78 Å². The zero-order chi connectivity index (χ0) is 14.2. The van der Waals surface area contributed by atoms with Crippen molar-refractivity contribution in [1.29, 1.82) is 0 Å². The molecule has 2 rings (SSSR count). The second kappa shape index (κ2) is 5.12. The Hall–Kier alpha value is -1.70. The highest BCUT2D eigenvalue weighted by molar-refractivity contribution is 6.37. The largest absolute Gasteiger partial charge is 0.392 e. The molecule has 2 N–H and O–H groups in total. The minimum Gasteiger partial charge on any atom is -0.392 e. The van der Waals surface area contributed by atoms with E-state index in [0.717, 1.165) is 0 Å². The van der Waals surface area contributed by atoms with Gasteiger partial charge in [0.05, 0.1) is 22.3 Å². The third kappa shape index (κ3) is 2.27. The Labute approximate surface area is 121 Å². The normalized spacial score (nSPS) is 10.7. The van der Waals surface area contributed by atoms with E-state index in [1.807, 2.05) is 13.8 Å². The number of nitrogens with zero attached hydrogens (tertiary/aromatic N) is 3. The van der Waals surface area contributed by atoms with Gasteiger partial charge in [0.25, 0.3) is 5.69 Å². The summed E-state index contributed by atoms with van der Waals surface area (Å²) in [5.41, 5.74) is 7.49. The molecule has 1 aromatic carbocycles. The second-order valence-corrected chi connectivity index (χ2v) is 5.18. The average molecular weight is 295 g/mol. The van der Waals surface area contributed by atoms with Crippen LogP contribution in [0.1, 0.15) is 25.5 Å². The van der Waals surface area contributed by atoms with Crippen molar-refractivity contribution >= 4 is 34.7 Å². The van der Waals surface area contributed by atoms with E-state index in [0.29, 0.717) is 27.1 Å². The van der Waals surface area contributed by atoms with Gasteiger partial charge in [-0.1, -0.05) is 43.1 Å². The molecular weight excluding hydrogens is 283 g/mol. The van der Waals surface area contributed by atoms with E-state index in [4.69, 9.17) is 35.5 Å². The van der Waals surface area contributed by atoms with Gasteiger partial charge in [0, 0.05) is 0 Å². The van der Waals surface area contributed by atoms with Crippen molar-refractivity contribution in [3.05, 3.63) is 45.4 Å².